The zero-order valence-electron chi connectivity index (χ0n) is 10.5. The molecular formula is C12H27NO2. The number of rotatable bonds is 10. The van der Waals surface area contributed by atoms with Gasteiger partial charge in [-0.3, -0.25) is 0 Å². The average molecular weight is 217 g/mol. The summed E-state index contributed by atoms with van der Waals surface area (Å²) in [5, 5.41) is 12.4. The quantitative estimate of drug-likeness (QED) is 0.548. The van der Waals surface area contributed by atoms with Crippen LogP contribution < -0.4 is 5.32 Å². The summed E-state index contributed by atoms with van der Waals surface area (Å²) in [6.45, 7) is 9.14. The van der Waals surface area contributed by atoms with Crippen LogP contribution in [-0.4, -0.2) is 37.5 Å². The minimum Gasteiger partial charge on any atom is -0.395 e. The van der Waals surface area contributed by atoms with Crippen LogP contribution in [0.3, 0.4) is 0 Å². The SMILES string of the molecule is CCCCOCCNC(CO)CC(C)C. The van der Waals surface area contributed by atoms with Crippen LogP contribution in [0, 0.1) is 5.92 Å². The molecule has 1 unspecified atom stereocenters. The van der Waals surface area contributed by atoms with E-state index in [9.17, 15) is 0 Å². The molecule has 3 heteroatoms. The predicted molar refractivity (Wildman–Crippen MR) is 64.1 cm³/mol. The molecule has 0 aliphatic rings. The van der Waals surface area contributed by atoms with Gasteiger partial charge in [0.15, 0.2) is 0 Å². The lowest BCUT2D eigenvalue weighted by molar-refractivity contribution is 0.125. The van der Waals surface area contributed by atoms with Crippen LogP contribution in [0.25, 0.3) is 0 Å². The summed E-state index contributed by atoms with van der Waals surface area (Å²) in [5.74, 6) is 0.621. The first-order valence-electron chi connectivity index (χ1n) is 6.12. The molecule has 0 rings (SSSR count). The van der Waals surface area contributed by atoms with Gasteiger partial charge in [0.2, 0.25) is 0 Å². The molecule has 0 fully saturated rings. The summed E-state index contributed by atoms with van der Waals surface area (Å²) < 4.78 is 5.43. The molecule has 0 aromatic rings. The van der Waals surface area contributed by atoms with Gasteiger partial charge in [0.05, 0.1) is 13.2 Å². The average Bonchev–Trinajstić information content (AvgIpc) is 2.20. The van der Waals surface area contributed by atoms with Crippen LogP contribution in [0.15, 0.2) is 0 Å². The van der Waals surface area contributed by atoms with Gasteiger partial charge in [-0.15, -0.1) is 0 Å². The van der Waals surface area contributed by atoms with Gasteiger partial charge in [-0.25, -0.2) is 0 Å². The summed E-state index contributed by atoms with van der Waals surface area (Å²) in [6, 6.07) is 0.222. The van der Waals surface area contributed by atoms with Gasteiger partial charge in [-0.05, 0) is 18.8 Å². The van der Waals surface area contributed by atoms with Crippen molar-refractivity contribution >= 4 is 0 Å². The lowest BCUT2D eigenvalue weighted by atomic mass is 10.0. The minimum absolute atomic E-state index is 0.215. The number of hydrogen-bond donors (Lipinski definition) is 2. The highest BCUT2D eigenvalue weighted by Gasteiger charge is 2.07. The highest BCUT2D eigenvalue weighted by molar-refractivity contribution is 4.66. The molecule has 3 nitrogen and oxygen atoms in total. The Morgan fingerprint density at radius 1 is 1.27 bits per heavy atom. The molecule has 2 N–H and O–H groups in total. The molecule has 0 aliphatic carbocycles. The highest BCUT2D eigenvalue weighted by Crippen LogP contribution is 2.03. The highest BCUT2D eigenvalue weighted by atomic mass is 16.5. The molecule has 0 aliphatic heterocycles. The number of nitrogens with one attached hydrogen (secondary N) is 1. The van der Waals surface area contributed by atoms with E-state index in [1.54, 1.807) is 0 Å². The normalized spacial score (nSPS) is 13.4. The Kier molecular flexibility index (Phi) is 10.3. The Hall–Kier alpha value is -0.120. The van der Waals surface area contributed by atoms with Crippen molar-refractivity contribution < 1.29 is 9.84 Å². The number of aliphatic hydroxyl groups excluding tert-OH is 1. The lowest BCUT2D eigenvalue weighted by Gasteiger charge is -2.18. The fourth-order valence-corrected chi connectivity index (χ4v) is 1.48. The fourth-order valence-electron chi connectivity index (χ4n) is 1.48. The van der Waals surface area contributed by atoms with Crippen molar-refractivity contribution in [3.63, 3.8) is 0 Å². The van der Waals surface area contributed by atoms with Crippen molar-refractivity contribution in [3.05, 3.63) is 0 Å². The molecule has 0 heterocycles. The van der Waals surface area contributed by atoms with Gasteiger partial charge in [0.25, 0.3) is 0 Å². The zero-order chi connectivity index (χ0) is 11.5. The summed E-state index contributed by atoms with van der Waals surface area (Å²) in [6.07, 6.45) is 3.33. The monoisotopic (exact) mass is 217 g/mol. The molecule has 0 amide bonds. The third kappa shape index (κ3) is 10.2. The molecule has 0 aromatic carbocycles. The van der Waals surface area contributed by atoms with Gasteiger partial charge in [-0.2, -0.15) is 0 Å². The van der Waals surface area contributed by atoms with E-state index in [0.717, 1.165) is 32.6 Å². The van der Waals surface area contributed by atoms with E-state index < -0.39 is 0 Å². The second kappa shape index (κ2) is 10.4. The number of unbranched alkanes of at least 4 members (excludes halogenated alkanes) is 1. The van der Waals surface area contributed by atoms with E-state index in [-0.39, 0.29) is 12.6 Å². The van der Waals surface area contributed by atoms with E-state index in [2.05, 4.69) is 26.1 Å². The van der Waals surface area contributed by atoms with E-state index in [1.807, 2.05) is 0 Å². The Bertz CT molecular complexity index is 129. The van der Waals surface area contributed by atoms with Crippen LogP contribution in [0.4, 0.5) is 0 Å². The van der Waals surface area contributed by atoms with E-state index in [4.69, 9.17) is 9.84 Å². The first-order valence-corrected chi connectivity index (χ1v) is 6.12. The number of hydrogen-bond acceptors (Lipinski definition) is 3. The van der Waals surface area contributed by atoms with Crippen LogP contribution in [-0.2, 0) is 4.74 Å². The Labute approximate surface area is 94.2 Å². The summed E-state index contributed by atoms with van der Waals surface area (Å²) in [7, 11) is 0. The summed E-state index contributed by atoms with van der Waals surface area (Å²) in [5.41, 5.74) is 0. The molecule has 92 valence electrons. The van der Waals surface area contributed by atoms with Gasteiger partial charge < -0.3 is 15.2 Å². The molecule has 15 heavy (non-hydrogen) atoms. The Morgan fingerprint density at radius 2 is 2.00 bits per heavy atom. The molecular weight excluding hydrogens is 190 g/mol. The van der Waals surface area contributed by atoms with E-state index in [1.165, 1.54) is 6.42 Å². The third-order valence-electron chi connectivity index (χ3n) is 2.30. The van der Waals surface area contributed by atoms with Crippen molar-refractivity contribution in [1.29, 1.82) is 0 Å². The maximum absolute atomic E-state index is 9.11. The molecule has 1 atom stereocenters. The molecule has 0 bridgehead atoms. The van der Waals surface area contributed by atoms with Crippen molar-refractivity contribution in [2.45, 2.75) is 46.1 Å². The first-order chi connectivity index (χ1) is 7.20. The number of ether oxygens (including phenoxy) is 1. The molecule has 0 radical (unpaired) electrons. The van der Waals surface area contributed by atoms with Crippen LogP contribution in [0.5, 0.6) is 0 Å². The smallest absolute Gasteiger partial charge is 0.0591 e. The van der Waals surface area contributed by atoms with Gasteiger partial charge in [0.1, 0.15) is 0 Å². The molecule has 0 spiro atoms. The Balaban J connectivity index is 3.30. The van der Waals surface area contributed by atoms with Gasteiger partial charge >= 0.3 is 0 Å². The molecule has 0 saturated heterocycles. The van der Waals surface area contributed by atoms with E-state index >= 15 is 0 Å². The second-order valence-corrected chi connectivity index (χ2v) is 4.43. The van der Waals surface area contributed by atoms with Crippen molar-refractivity contribution in [2.75, 3.05) is 26.4 Å². The topological polar surface area (TPSA) is 41.5 Å². The summed E-state index contributed by atoms with van der Waals surface area (Å²) in [4.78, 5) is 0. The van der Waals surface area contributed by atoms with Crippen LogP contribution in [0.1, 0.15) is 40.0 Å². The van der Waals surface area contributed by atoms with Gasteiger partial charge in [0, 0.05) is 19.2 Å². The van der Waals surface area contributed by atoms with Crippen molar-refractivity contribution in [2.24, 2.45) is 5.92 Å². The minimum atomic E-state index is 0.215. The van der Waals surface area contributed by atoms with Crippen LogP contribution >= 0.6 is 0 Å². The molecule has 0 aromatic heterocycles. The predicted octanol–water partition coefficient (Wildman–Crippen LogP) is 1.80. The van der Waals surface area contributed by atoms with Crippen molar-refractivity contribution in [1.82, 2.24) is 5.32 Å². The third-order valence-corrected chi connectivity index (χ3v) is 2.30. The fraction of sp³-hybridized carbons (Fsp3) is 1.00. The Morgan fingerprint density at radius 3 is 2.53 bits per heavy atom. The lowest BCUT2D eigenvalue weighted by Crippen LogP contribution is -2.36. The summed E-state index contributed by atoms with van der Waals surface area (Å²) >= 11 is 0. The largest absolute Gasteiger partial charge is 0.395 e. The van der Waals surface area contributed by atoms with E-state index in [0.29, 0.717) is 5.92 Å². The molecule has 0 saturated carbocycles. The zero-order valence-corrected chi connectivity index (χ0v) is 10.5. The maximum atomic E-state index is 9.11. The maximum Gasteiger partial charge on any atom is 0.0591 e. The van der Waals surface area contributed by atoms with Crippen molar-refractivity contribution in [3.8, 4) is 0 Å². The van der Waals surface area contributed by atoms with Gasteiger partial charge in [-0.1, -0.05) is 27.2 Å². The second-order valence-electron chi connectivity index (χ2n) is 4.43. The van der Waals surface area contributed by atoms with Crippen LogP contribution in [0.2, 0.25) is 0 Å². The number of aliphatic hydroxyl groups is 1. The standard InChI is InChI=1S/C12H27NO2/c1-4-5-7-15-8-6-13-12(10-14)9-11(2)3/h11-14H,4-10H2,1-3H3. The first kappa shape index (κ1) is 14.9.